The van der Waals surface area contributed by atoms with E-state index >= 15 is 0 Å². The van der Waals surface area contributed by atoms with E-state index in [1.807, 2.05) is 30.3 Å². The summed E-state index contributed by atoms with van der Waals surface area (Å²) in [6.07, 6.45) is 1.60. The maximum atomic E-state index is 12.8. The van der Waals surface area contributed by atoms with Crippen molar-refractivity contribution < 1.29 is 28.6 Å². The van der Waals surface area contributed by atoms with Crippen LogP contribution < -0.4 is 19.5 Å². The van der Waals surface area contributed by atoms with Crippen LogP contribution in [0.15, 0.2) is 52.3 Å². The smallest absolute Gasteiger partial charge is 0.293 e. The second kappa shape index (κ2) is 11.7. The Morgan fingerprint density at radius 1 is 1.06 bits per heavy atom. The van der Waals surface area contributed by atoms with Gasteiger partial charge in [-0.3, -0.25) is 19.3 Å². The van der Waals surface area contributed by atoms with Crippen LogP contribution in [0, 0.1) is 0 Å². The van der Waals surface area contributed by atoms with Gasteiger partial charge in [-0.2, -0.15) is 0 Å². The maximum absolute atomic E-state index is 12.8. The molecule has 2 aromatic carbocycles. The molecule has 3 rings (SSSR count). The number of nitrogens with one attached hydrogen (secondary N) is 1. The summed E-state index contributed by atoms with van der Waals surface area (Å²) in [5.41, 5.74) is 0.626. The predicted molar refractivity (Wildman–Crippen MR) is 129 cm³/mol. The molecule has 0 aliphatic carbocycles. The van der Waals surface area contributed by atoms with Gasteiger partial charge in [0, 0.05) is 18.0 Å². The van der Waals surface area contributed by atoms with Crippen LogP contribution in [0.1, 0.15) is 5.56 Å². The van der Waals surface area contributed by atoms with E-state index in [4.69, 9.17) is 14.2 Å². The van der Waals surface area contributed by atoms with Gasteiger partial charge in [0.25, 0.3) is 11.1 Å². The Kier molecular flexibility index (Phi) is 8.67. The Balaban J connectivity index is 1.59. The van der Waals surface area contributed by atoms with Crippen molar-refractivity contribution in [1.82, 2.24) is 10.2 Å². The molecular weight excluding hydrogens is 464 g/mol. The number of carbonyl (C=O) groups is 3. The van der Waals surface area contributed by atoms with Crippen LogP contribution in [0.5, 0.6) is 17.2 Å². The number of rotatable bonds is 10. The summed E-state index contributed by atoms with van der Waals surface area (Å²) in [7, 11) is 4.51. The molecule has 1 heterocycles. The predicted octanol–water partition coefficient (Wildman–Crippen LogP) is 3.66. The van der Waals surface area contributed by atoms with E-state index in [2.05, 4.69) is 5.32 Å². The summed E-state index contributed by atoms with van der Waals surface area (Å²) in [6, 6.07) is 13.0. The number of imide groups is 1. The minimum atomic E-state index is -0.410. The number of methoxy groups -OCH3 is 3. The van der Waals surface area contributed by atoms with Gasteiger partial charge >= 0.3 is 0 Å². The highest BCUT2D eigenvalue weighted by molar-refractivity contribution is 8.18. The van der Waals surface area contributed by atoms with Crippen molar-refractivity contribution in [2.24, 2.45) is 0 Å². The highest BCUT2D eigenvalue weighted by Gasteiger charge is 2.34. The molecular formula is C23H24N2O6S2. The average Bonchev–Trinajstić information content (AvgIpc) is 3.09. The fourth-order valence-electron chi connectivity index (χ4n) is 3.05. The number of amides is 3. The molecule has 1 aliphatic heterocycles. The zero-order valence-corrected chi connectivity index (χ0v) is 20.1. The first kappa shape index (κ1) is 24.5. The number of hydrogen-bond donors (Lipinski definition) is 1. The molecule has 0 bridgehead atoms. The third-order valence-corrected chi connectivity index (χ3v) is 6.55. The molecule has 174 valence electrons. The maximum Gasteiger partial charge on any atom is 0.293 e. The first-order valence-corrected chi connectivity index (χ1v) is 11.8. The van der Waals surface area contributed by atoms with Crippen molar-refractivity contribution in [1.29, 1.82) is 0 Å². The highest BCUT2D eigenvalue weighted by atomic mass is 32.2. The van der Waals surface area contributed by atoms with Crippen LogP contribution in [0.25, 0.3) is 6.08 Å². The molecule has 1 fully saturated rings. The van der Waals surface area contributed by atoms with Crippen LogP contribution in [0.2, 0.25) is 0 Å². The normalized spacial score (nSPS) is 14.5. The molecule has 10 heteroatoms. The molecule has 0 radical (unpaired) electrons. The third-order valence-electron chi connectivity index (χ3n) is 4.63. The monoisotopic (exact) mass is 488 g/mol. The molecule has 1 saturated heterocycles. The molecule has 0 atom stereocenters. The first-order chi connectivity index (χ1) is 16.0. The van der Waals surface area contributed by atoms with E-state index in [0.717, 1.165) is 21.6 Å². The van der Waals surface area contributed by atoms with Gasteiger partial charge in [-0.15, -0.1) is 11.8 Å². The zero-order chi connectivity index (χ0) is 23.8. The molecule has 3 amide bonds. The molecule has 0 spiro atoms. The quantitative estimate of drug-likeness (QED) is 0.400. The Bertz CT molecular complexity index is 1030. The number of nitrogens with zero attached hydrogens (tertiary/aromatic N) is 1. The lowest BCUT2D eigenvalue weighted by Crippen LogP contribution is -2.37. The standard InChI is InChI=1S/C23H24N2O6S2/c1-29-17-11-15(12-18(30-2)21(17)31-3)13-19-22(27)25(23(28)33-19)10-9-24-20(26)14-32-16-7-5-4-6-8-16/h4-8,11-13H,9-10,14H2,1-3H3,(H,24,26). The number of carbonyl (C=O) groups excluding carboxylic acids is 3. The summed E-state index contributed by atoms with van der Waals surface area (Å²) in [5, 5.41) is 2.36. The Labute approximate surface area is 200 Å². The Hall–Kier alpha value is -3.11. The van der Waals surface area contributed by atoms with Crippen LogP contribution >= 0.6 is 23.5 Å². The molecule has 2 aromatic rings. The summed E-state index contributed by atoms with van der Waals surface area (Å²) in [6.45, 7) is 0.280. The van der Waals surface area contributed by atoms with E-state index < -0.39 is 5.91 Å². The van der Waals surface area contributed by atoms with Gasteiger partial charge < -0.3 is 19.5 Å². The second-order valence-corrected chi connectivity index (χ2v) is 8.79. The summed E-state index contributed by atoms with van der Waals surface area (Å²) in [4.78, 5) is 39.6. The van der Waals surface area contributed by atoms with Crippen molar-refractivity contribution in [2.75, 3.05) is 40.2 Å². The lowest BCUT2D eigenvalue weighted by Gasteiger charge is -2.13. The van der Waals surface area contributed by atoms with Gasteiger partial charge in [-0.05, 0) is 47.7 Å². The van der Waals surface area contributed by atoms with Crippen molar-refractivity contribution in [2.45, 2.75) is 4.90 Å². The number of benzene rings is 2. The third kappa shape index (κ3) is 6.23. The fraction of sp³-hybridized carbons (Fsp3) is 0.261. The van der Waals surface area contributed by atoms with Crippen molar-refractivity contribution in [3.05, 3.63) is 52.9 Å². The summed E-state index contributed by atoms with van der Waals surface area (Å²) >= 11 is 2.27. The number of thioether (sulfide) groups is 2. The lowest BCUT2D eigenvalue weighted by atomic mass is 10.1. The van der Waals surface area contributed by atoms with Crippen molar-refractivity contribution in [3.8, 4) is 17.2 Å². The molecule has 8 nitrogen and oxygen atoms in total. The van der Waals surface area contributed by atoms with Gasteiger partial charge in [0.15, 0.2) is 11.5 Å². The van der Waals surface area contributed by atoms with Crippen LogP contribution in [-0.4, -0.2) is 62.1 Å². The number of ether oxygens (including phenoxy) is 3. The fourth-order valence-corrected chi connectivity index (χ4v) is 4.67. The van der Waals surface area contributed by atoms with Gasteiger partial charge in [0.05, 0.1) is 32.0 Å². The lowest BCUT2D eigenvalue weighted by molar-refractivity contribution is -0.123. The van der Waals surface area contributed by atoms with E-state index in [-0.39, 0.29) is 34.9 Å². The first-order valence-electron chi connectivity index (χ1n) is 9.96. The van der Waals surface area contributed by atoms with E-state index in [1.54, 1.807) is 18.2 Å². The topological polar surface area (TPSA) is 94.2 Å². The summed E-state index contributed by atoms with van der Waals surface area (Å²) in [5.74, 6) is 1.01. The van der Waals surface area contributed by atoms with Crippen molar-refractivity contribution >= 4 is 46.7 Å². The van der Waals surface area contributed by atoms with Gasteiger partial charge in [-0.25, -0.2) is 0 Å². The van der Waals surface area contributed by atoms with E-state index in [0.29, 0.717) is 22.8 Å². The molecule has 0 saturated carbocycles. The Morgan fingerprint density at radius 3 is 2.33 bits per heavy atom. The minimum Gasteiger partial charge on any atom is -0.493 e. The minimum absolute atomic E-state index is 0.0962. The molecule has 33 heavy (non-hydrogen) atoms. The van der Waals surface area contributed by atoms with Gasteiger partial charge in [0.2, 0.25) is 11.7 Å². The summed E-state index contributed by atoms with van der Waals surface area (Å²) < 4.78 is 16.0. The van der Waals surface area contributed by atoms with Crippen LogP contribution in [-0.2, 0) is 9.59 Å². The van der Waals surface area contributed by atoms with Crippen molar-refractivity contribution in [3.63, 3.8) is 0 Å². The zero-order valence-electron chi connectivity index (χ0n) is 18.5. The van der Waals surface area contributed by atoms with E-state index in [1.165, 1.54) is 33.1 Å². The SMILES string of the molecule is COc1cc(C=C2SC(=O)N(CCNC(=O)CSc3ccccc3)C2=O)cc(OC)c1OC. The van der Waals surface area contributed by atoms with E-state index in [9.17, 15) is 14.4 Å². The molecule has 1 aliphatic rings. The highest BCUT2D eigenvalue weighted by Crippen LogP contribution is 2.40. The molecule has 0 unspecified atom stereocenters. The molecule has 1 N–H and O–H groups in total. The van der Waals surface area contributed by atoms with Gasteiger partial charge in [0.1, 0.15) is 0 Å². The average molecular weight is 489 g/mol. The number of hydrogen-bond acceptors (Lipinski definition) is 8. The largest absolute Gasteiger partial charge is 0.493 e. The molecule has 0 aromatic heterocycles. The Morgan fingerprint density at radius 2 is 1.73 bits per heavy atom. The van der Waals surface area contributed by atoms with Crippen LogP contribution in [0.3, 0.4) is 0 Å². The van der Waals surface area contributed by atoms with Crippen LogP contribution in [0.4, 0.5) is 4.79 Å². The van der Waals surface area contributed by atoms with Gasteiger partial charge in [-0.1, -0.05) is 18.2 Å². The second-order valence-electron chi connectivity index (χ2n) is 6.74.